The summed E-state index contributed by atoms with van der Waals surface area (Å²) in [5.74, 6) is 0. The quantitative estimate of drug-likeness (QED) is 0.797. The molecular weight excluding hydrogens is 186 g/mol. The molecule has 1 heterocycles. The lowest BCUT2D eigenvalue weighted by atomic mass is 9.74. The van der Waals surface area contributed by atoms with Gasteiger partial charge in [-0.15, -0.1) is 0 Å². The average Bonchev–Trinajstić information content (AvgIpc) is 2.58. The van der Waals surface area contributed by atoms with Gasteiger partial charge in [0.2, 0.25) is 0 Å². The highest BCUT2D eigenvalue weighted by Crippen LogP contribution is 2.36. The Balaban J connectivity index is 2.03. The summed E-state index contributed by atoms with van der Waals surface area (Å²) in [5.41, 5.74) is 2.89. The molecule has 1 unspecified atom stereocenters. The minimum Gasteiger partial charge on any atom is -0.305 e. The molecule has 0 bridgehead atoms. The van der Waals surface area contributed by atoms with Crippen molar-refractivity contribution in [2.75, 3.05) is 0 Å². The Bertz CT molecular complexity index is 320. The van der Waals surface area contributed by atoms with Crippen LogP contribution in [0.1, 0.15) is 56.8 Å². The molecule has 1 saturated carbocycles. The van der Waals surface area contributed by atoms with Crippen molar-refractivity contribution in [3.8, 4) is 0 Å². The van der Waals surface area contributed by atoms with E-state index in [1.165, 1.54) is 36.9 Å². The highest BCUT2D eigenvalue weighted by Gasteiger charge is 2.36. The summed E-state index contributed by atoms with van der Waals surface area (Å²) in [4.78, 5) is 0. The second kappa shape index (κ2) is 3.97. The van der Waals surface area contributed by atoms with Crippen LogP contribution >= 0.6 is 0 Å². The summed E-state index contributed by atoms with van der Waals surface area (Å²) in [6.45, 7) is 6.59. The Hall–Kier alpha value is -0.830. The van der Waals surface area contributed by atoms with E-state index in [1.54, 1.807) is 0 Å². The molecule has 1 atom stereocenters. The van der Waals surface area contributed by atoms with Gasteiger partial charge < -0.3 is 5.32 Å². The number of nitrogens with zero attached hydrogens (tertiary/aromatic N) is 1. The van der Waals surface area contributed by atoms with Crippen molar-refractivity contribution in [1.29, 1.82) is 0 Å². The van der Waals surface area contributed by atoms with Crippen LogP contribution in [0.4, 0.5) is 0 Å². The van der Waals surface area contributed by atoms with E-state index >= 15 is 0 Å². The Labute approximate surface area is 91.7 Å². The van der Waals surface area contributed by atoms with Crippen LogP contribution in [-0.4, -0.2) is 15.7 Å². The highest BCUT2D eigenvalue weighted by atomic mass is 15.1. The second-order valence-electron chi connectivity index (χ2n) is 4.80. The molecule has 1 aliphatic carbocycles. The number of hydrogen-bond donors (Lipinski definition) is 2. The van der Waals surface area contributed by atoms with Gasteiger partial charge in [-0.25, -0.2) is 0 Å². The molecule has 0 aliphatic heterocycles. The van der Waals surface area contributed by atoms with Gasteiger partial charge in [-0.2, -0.15) is 5.10 Å². The smallest absolute Gasteiger partial charge is 0.0537 e. The van der Waals surface area contributed by atoms with Gasteiger partial charge in [0.15, 0.2) is 0 Å². The standard InChI is InChI=1S/C12H21N3/c1-4-12(6-5-7-12)14-9(2)11-8-13-15-10(11)3/h8-9,14H,4-7H2,1-3H3,(H,13,15). The zero-order valence-electron chi connectivity index (χ0n) is 9.93. The monoisotopic (exact) mass is 207 g/mol. The largest absolute Gasteiger partial charge is 0.305 e. The molecule has 1 aromatic heterocycles. The molecule has 0 saturated heterocycles. The number of aromatic amines is 1. The van der Waals surface area contributed by atoms with Crippen LogP contribution in [0.15, 0.2) is 6.20 Å². The van der Waals surface area contributed by atoms with Crippen LogP contribution in [0.25, 0.3) is 0 Å². The fraction of sp³-hybridized carbons (Fsp3) is 0.750. The van der Waals surface area contributed by atoms with Gasteiger partial charge in [0.05, 0.1) is 6.20 Å². The summed E-state index contributed by atoms with van der Waals surface area (Å²) >= 11 is 0. The van der Waals surface area contributed by atoms with Crippen molar-refractivity contribution < 1.29 is 0 Å². The summed E-state index contributed by atoms with van der Waals surface area (Å²) in [6.07, 6.45) is 7.19. The Morgan fingerprint density at radius 2 is 2.33 bits per heavy atom. The van der Waals surface area contributed by atoms with Crippen LogP contribution in [-0.2, 0) is 0 Å². The second-order valence-corrected chi connectivity index (χ2v) is 4.80. The molecule has 0 aromatic carbocycles. The molecule has 3 nitrogen and oxygen atoms in total. The average molecular weight is 207 g/mol. The van der Waals surface area contributed by atoms with E-state index in [2.05, 4.69) is 36.3 Å². The molecule has 1 aromatic rings. The van der Waals surface area contributed by atoms with Crippen molar-refractivity contribution in [3.05, 3.63) is 17.5 Å². The summed E-state index contributed by atoms with van der Waals surface area (Å²) in [5, 5.41) is 10.8. The van der Waals surface area contributed by atoms with E-state index in [0.717, 1.165) is 0 Å². The molecule has 15 heavy (non-hydrogen) atoms. The maximum atomic E-state index is 4.08. The van der Waals surface area contributed by atoms with E-state index in [0.29, 0.717) is 11.6 Å². The van der Waals surface area contributed by atoms with Crippen molar-refractivity contribution in [3.63, 3.8) is 0 Å². The first-order chi connectivity index (χ1) is 7.17. The minimum absolute atomic E-state index is 0.406. The van der Waals surface area contributed by atoms with Gasteiger partial charge in [-0.3, -0.25) is 5.10 Å². The van der Waals surface area contributed by atoms with Gasteiger partial charge in [0.25, 0.3) is 0 Å². The summed E-state index contributed by atoms with van der Waals surface area (Å²) in [7, 11) is 0. The molecule has 1 aliphatic rings. The van der Waals surface area contributed by atoms with Crippen LogP contribution in [0.3, 0.4) is 0 Å². The van der Waals surface area contributed by atoms with Crippen LogP contribution < -0.4 is 5.32 Å². The zero-order chi connectivity index (χ0) is 10.9. The number of hydrogen-bond acceptors (Lipinski definition) is 2. The first kappa shape index (κ1) is 10.7. The molecule has 2 N–H and O–H groups in total. The molecule has 2 rings (SSSR count). The number of H-pyrrole nitrogens is 1. The molecule has 0 amide bonds. The van der Waals surface area contributed by atoms with Crippen LogP contribution in [0, 0.1) is 6.92 Å². The maximum Gasteiger partial charge on any atom is 0.0537 e. The number of rotatable bonds is 4. The van der Waals surface area contributed by atoms with Gasteiger partial charge >= 0.3 is 0 Å². The molecular formula is C12H21N3. The van der Waals surface area contributed by atoms with Crippen molar-refractivity contribution in [1.82, 2.24) is 15.5 Å². The van der Waals surface area contributed by atoms with Crippen molar-refractivity contribution >= 4 is 0 Å². The predicted molar refractivity (Wildman–Crippen MR) is 61.7 cm³/mol. The van der Waals surface area contributed by atoms with E-state index in [9.17, 15) is 0 Å². The van der Waals surface area contributed by atoms with E-state index in [4.69, 9.17) is 0 Å². The molecule has 0 radical (unpaired) electrons. The fourth-order valence-electron chi connectivity index (χ4n) is 2.54. The normalized spacial score (nSPS) is 21.0. The number of nitrogens with one attached hydrogen (secondary N) is 2. The minimum atomic E-state index is 0.406. The van der Waals surface area contributed by atoms with Gasteiger partial charge in [-0.1, -0.05) is 6.92 Å². The van der Waals surface area contributed by atoms with E-state index in [-0.39, 0.29) is 0 Å². The van der Waals surface area contributed by atoms with Crippen molar-refractivity contribution in [2.45, 2.75) is 58.0 Å². The Morgan fingerprint density at radius 1 is 1.60 bits per heavy atom. The van der Waals surface area contributed by atoms with E-state index < -0.39 is 0 Å². The first-order valence-corrected chi connectivity index (χ1v) is 5.94. The third kappa shape index (κ3) is 1.93. The van der Waals surface area contributed by atoms with Crippen LogP contribution in [0.5, 0.6) is 0 Å². The third-order valence-corrected chi connectivity index (χ3v) is 3.85. The van der Waals surface area contributed by atoms with Crippen LogP contribution in [0.2, 0.25) is 0 Å². The molecule has 1 fully saturated rings. The number of aromatic nitrogens is 2. The van der Waals surface area contributed by atoms with E-state index in [1.807, 2.05) is 6.20 Å². The van der Waals surface area contributed by atoms with Gasteiger partial charge in [0.1, 0.15) is 0 Å². The first-order valence-electron chi connectivity index (χ1n) is 5.94. The topological polar surface area (TPSA) is 40.7 Å². The number of aryl methyl sites for hydroxylation is 1. The Morgan fingerprint density at radius 3 is 2.73 bits per heavy atom. The lowest BCUT2D eigenvalue weighted by Gasteiger charge is -2.44. The highest BCUT2D eigenvalue weighted by molar-refractivity contribution is 5.19. The third-order valence-electron chi connectivity index (χ3n) is 3.85. The Kier molecular flexibility index (Phi) is 2.83. The molecule has 3 heteroatoms. The maximum absolute atomic E-state index is 4.08. The summed E-state index contributed by atoms with van der Waals surface area (Å²) < 4.78 is 0. The predicted octanol–water partition coefficient (Wildman–Crippen LogP) is 2.70. The van der Waals surface area contributed by atoms with Gasteiger partial charge in [-0.05, 0) is 39.5 Å². The lowest BCUT2D eigenvalue weighted by molar-refractivity contribution is 0.160. The molecule has 0 spiro atoms. The van der Waals surface area contributed by atoms with Crippen molar-refractivity contribution in [2.24, 2.45) is 0 Å². The zero-order valence-corrected chi connectivity index (χ0v) is 9.93. The molecule has 84 valence electrons. The fourth-order valence-corrected chi connectivity index (χ4v) is 2.54. The van der Waals surface area contributed by atoms with Gasteiger partial charge in [0, 0.05) is 22.8 Å². The lowest BCUT2D eigenvalue weighted by Crippen LogP contribution is -2.51. The summed E-state index contributed by atoms with van der Waals surface area (Å²) in [6, 6.07) is 0.406. The SMILES string of the molecule is CCC1(NC(C)c2cn[nH]c2C)CCC1.